The Hall–Kier alpha value is -3.13. The van der Waals surface area contributed by atoms with Crippen LogP contribution < -0.4 is 9.64 Å². The van der Waals surface area contributed by atoms with Gasteiger partial charge >= 0.3 is 0 Å². The lowest BCUT2D eigenvalue weighted by molar-refractivity contribution is 0.0688. The first-order valence-electron chi connectivity index (χ1n) is 11.4. The summed E-state index contributed by atoms with van der Waals surface area (Å²) in [6.07, 6.45) is 5.17. The maximum atomic E-state index is 10.4. The van der Waals surface area contributed by atoms with Gasteiger partial charge in [0.05, 0.1) is 40.8 Å². The van der Waals surface area contributed by atoms with Gasteiger partial charge in [-0.15, -0.1) is 0 Å². The van der Waals surface area contributed by atoms with Gasteiger partial charge in [0.2, 0.25) is 0 Å². The first kappa shape index (κ1) is 25.9. The smallest absolute Gasteiger partial charge is 0.160 e. The highest BCUT2D eigenvalue weighted by molar-refractivity contribution is 6.33. The van der Waals surface area contributed by atoms with Crippen LogP contribution in [0.5, 0.6) is 5.75 Å². The molecule has 1 N–H and O–H groups in total. The van der Waals surface area contributed by atoms with E-state index in [4.69, 9.17) is 32.7 Å². The Morgan fingerprint density at radius 3 is 2.61 bits per heavy atom. The Morgan fingerprint density at radius 1 is 1.11 bits per heavy atom. The van der Waals surface area contributed by atoms with E-state index in [-0.39, 0.29) is 0 Å². The molecule has 188 valence electrons. The molecule has 1 aromatic carbocycles. The van der Waals surface area contributed by atoms with Crippen LogP contribution >= 0.6 is 23.2 Å². The maximum Gasteiger partial charge on any atom is 0.160 e. The van der Waals surface area contributed by atoms with Gasteiger partial charge in [-0.05, 0) is 57.0 Å². The number of methoxy groups -OCH3 is 1. The van der Waals surface area contributed by atoms with Crippen molar-refractivity contribution in [2.24, 2.45) is 0 Å². The van der Waals surface area contributed by atoms with E-state index in [0.29, 0.717) is 46.2 Å². The quantitative estimate of drug-likeness (QED) is 0.396. The van der Waals surface area contributed by atoms with Crippen LogP contribution in [-0.4, -0.2) is 33.7 Å². The van der Waals surface area contributed by atoms with Crippen LogP contribution in [0.2, 0.25) is 5.02 Å². The molecule has 2 aromatic heterocycles. The third-order valence-corrected chi connectivity index (χ3v) is 6.34. The number of hydrogen-bond acceptors (Lipinski definition) is 7. The molecular weight excluding hydrogens is 499 g/mol. The van der Waals surface area contributed by atoms with Gasteiger partial charge in [-0.2, -0.15) is 0 Å². The molecule has 0 aliphatic carbocycles. The van der Waals surface area contributed by atoms with Crippen LogP contribution in [0, 0.1) is 6.92 Å². The van der Waals surface area contributed by atoms with Gasteiger partial charge in [0.15, 0.2) is 5.82 Å². The summed E-state index contributed by atoms with van der Waals surface area (Å²) in [6.45, 7) is 7.91. The minimum Gasteiger partial charge on any atom is -0.497 e. The molecule has 36 heavy (non-hydrogen) atoms. The number of benzene rings is 1. The van der Waals surface area contributed by atoms with Crippen molar-refractivity contribution in [2.45, 2.75) is 39.9 Å². The van der Waals surface area contributed by atoms with Crippen molar-refractivity contribution in [3.8, 4) is 17.1 Å². The number of aromatic nitrogens is 3. The van der Waals surface area contributed by atoms with Crippen LogP contribution in [0.4, 0.5) is 5.69 Å². The van der Waals surface area contributed by atoms with Crippen molar-refractivity contribution in [1.82, 2.24) is 15.0 Å². The van der Waals surface area contributed by atoms with E-state index in [1.54, 1.807) is 33.4 Å². The highest BCUT2D eigenvalue weighted by atomic mass is 35.5. The van der Waals surface area contributed by atoms with Gasteiger partial charge in [-0.1, -0.05) is 35.3 Å². The second kappa shape index (κ2) is 10.5. The number of pyridine rings is 1. The van der Waals surface area contributed by atoms with Gasteiger partial charge in [0.1, 0.15) is 23.7 Å². The summed E-state index contributed by atoms with van der Waals surface area (Å²) in [6, 6.07) is 9.58. The monoisotopic (exact) mass is 526 g/mol. The first-order chi connectivity index (χ1) is 17.1. The van der Waals surface area contributed by atoms with Gasteiger partial charge in [-0.25, -0.2) is 9.97 Å². The lowest BCUT2D eigenvalue weighted by Gasteiger charge is -2.30. The number of allylic oxidation sites excluding steroid dienone is 2. The molecule has 9 heteroatoms. The maximum absolute atomic E-state index is 10.4. The summed E-state index contributed by atoms with van der Waals surface area (Å²) in [5, 5.41) is 11.4. The van der Waals surface area contributed by atoms with E-state index in [1.807, 2.05) is 55.2 Å². The van der Waals surface area contributed by atoms with E-state index in [2.05, 4.69) is 15.0 Å². The van der Waals surface area contributed by atoms with Crippen LogP contribution in [0.1, 0.15) is 37.7 Å². The lowest BCUT2D eigenvalue weighted by atomic mass is 10.1. The molecule has 7 nitrogen and oxygen atoms in total. The Bertz CT molecular complexity index is 1350. The topological polar surface area (TPSA) is 80.6 Å². The molecule has 0 saturated heterocycles. The fraction of sp³-hybridized carbons (Fsp3) is 0.296. The first-order valence-corrected chi connectivity index (χ1v) is 12.1. The third kappa shape index (κ3) is 5.64. The minimum absolute atomic E-state index is 0.319. The number of nitrogens with zero attached hydrogens (tertiary/aromatic N) is 4. The van der Waals surface area contributed by atoms with E-state index >= 15 is 0 Å². The molecule has 4 rings (SSSR count). The van der Waals surface area contributed by atoms with Crippen molar-refractivity contribution in [2.75, 3.05) is 18.6 Å². The number of hydrogen-bond donors (Lipinski definition) is 1. The molecule has 1 aliphatic heterocycles. The van der Waals surface area contributed by atoms with Gasteiger partial charge < -0.3 is 19.5 Å². The highest BCUT2D eigenvalue weighted by Gasteiger charge is 2.24. The SMILES string of the molecule is COc1cccc(COC2=C(Cl)CN(c3cc(-c4nc(C(C)(C)O)ncc4C)ncc3Cl)C(C)=C2)c1. The molecule has 0 amide bonds. The Balaban J connectivity index is 1.59. The normalized spacial score (nSPS) is 14.1. The fourth-order valence-electron chi connectivity index (χ4n) is 3.77. The summed E-state index contributed by atoms with van der Waals surface area (Å²) in [7, 11) is 1.63. The third-order valence-electron chi connectivity index (χ3n) is 5.75. The molecule has 0 saturated carbocycles. The van der Waals surface area contributed by atoms with Crippen LogP contribution in [0.3, 0.4) is 0 Å². The Labute approximate surface area is 221 Å². The van der Waals surface area contributed by atoms with Crippen LogP contribution in [0.25, 0.3) is 11.4 Å². The summed E-state index contributed by atoms with van der Waals surface area (Å²) < 4.78 is 11.3. The number of aliphatic hydroxyl groups is 1. The molecule has 3 aromatic rings. The number of aryl methyl sites for hydroxylation is 1. The summed E-state index contributed by atoms with van der Waals surface area (Å²) in [5.74, 6) is 1.70. The molecule has 0 unspecified atom stereocenters. The van der Waals surface area contributed by atoms with Crippen LogP contribution in [-0.2, 0) is 16.9 Å². The second-order valence-corrected chi connectivity index (χ2v) is 9.95. The largest absolute Gasteiger partial charge is 0.497 e. The van der Waals surface area contributed by atoms with E-state index in [0.717, 1.165) is 28.3 Å². The van der Waals surface area contributed by atoms with Crippen molar-refractivity contribution in [3.63, 3.8) is 0 Å². The standard InChI is InChI=1S/C27H28Cl2N4O3/c1-16-12-31-26(27(3,4)34)32-25(16)22-11-23(20(28)13-30-22)33-14-21(29)24(9-17(33)2)36-15-18-7-6-8-19(10-18)35-5/h6-13,34H,14-15H2,1-5H3. The number of anilines is 1. The van der Waals surface area contributed by atoms with E-state index < -0.39 is 5.60 Å². The minimum atomic E-state index is -1.18. The van der Waals surface area contributed by atoms with Crippen LogP contribution in [0.15, 0.2) is 65.3 Å². The average Bonchev–Trinajstić information content (AvgIpc) is 2.84. The van der Waals surface area contributed by atoms with Gasteiger partial charge in [-0.3, -0.25) is 4.98 Å². The Kier molecular flexibility index (Phi) is 7.54. The lowest BCUT2D eigenvalue weighted by Crippen LogP contribution is -2.27. The predicted molar refractivity (Wildman–Crippen MR) is 142 cm³/mol. The summed E-state index contributed by atoms with van der Waals surface area (Å²) >= 11 is 13.2. The molecular formula is C27H28Cl2N4O3. The average molecular weight is 527 g/mol. The summed E-state index contributed by atoms with van der Waals surface area (Å²) in [5.41, 5.74) is 3.53. The van der Waals surface area contributed by atoms with Gasteiger partial charge in [0.25, 0.3) is 0 Å². The van der Waals surface area contributed by atoms with Crippen molar-refractivity contribution >= 4 is 28.9 Å². The van der Waals surface area contributed by atoms with E-state index in [9.17, 15) is 5.11 Å². The highest BCUT2D eigenvalue weighted by Crippen LogP contribution is 2.36. The zero-order valence-corrected chi connectivity index (χ0v) is 22.4. The van der Waals surface area contributed by atoms with E-state index in [1.165, 1.54) is 0 Å². The fourth-order valence-corrected chi connectivity index (χ4v) is 4.20. The Morgan fingerprint density at radius 2 is 1.89 bits per heavy atom. The molecule has 0 bridgehead atoms. The second-order valence-electron chi connectivity index (χ2n) is 9.09. The zero-order valence-electron chi connectivity index (χ0n) is 20.8. The predicted octanol–water partition coefficient (Wildman–Crippen LogP) is 6.13. The van der Waals surface area contributed by atoms with Crippen molar-refractivity contribution in [1.29, 1.82) is 0 Å². The number of rotatable bonds is 7. The molecule has 0 radical (unpaired) electrons. The summed E-state index contributed by atoms with van der Waals surface area (Å²) in [4.78, 5) is 15.3. The zero-order chi connectivity index (χ0) is 26.0. The van der Waals surface area contributed by atoms with Crippen molar-refractivity contribution < 1.29 is 14.6 Å². The number of ether oxygens (including phenoxy) is 2. The van der Waals surface area contributed by atoms with Crippen molar-refractivity contribution in [3.05, 3.63) is 87.3 Å². The number of halogens is 2. The molecule has 1 aliphatic rings. The van der Waals surface area contributed by atoms with Gasteiger partial charge in [0, 0.05) is 24.2 Å². The molecule has 3 heterocycles. The molecule has 0 atom stereocenters. The molecule has 0 fully saturated rings. The molecule has 0 spiro atoms.